The summed E-state index contributed by atoms with van der Waals surface area (Å²) < 4.78 is 0. The van der Waals surface area contributed by atoms with E-state index in [2.05, 4.69) is 5.32 Å². The van der Waals surface area contributed by atoms with Gasteiger partial charge in [0.2, 0.25) is 5.91 Å². The molecule has 1 atom stereocenters. The molecular formula is C15H22N2O. The molecule has 3 N–H and O–H groups in total. The molecule has 1 aromatic rings. The van der Waals surface area contributed by atoms with Gasteiger partial charge in [0.15, 0.2) is 0 Å². The molecule has 1 unspecified atom stereocenters. The van der Waals surface area contributed by atoms with Crippen LogP contribution in [0.15, 0.2) is 24.3 Å². The van der Waals surface area contributed by atoms with Crippen LogP contribution < -0.4 is 11.1 Å². The molecule has 2 rings (SSSR count). The Balaban J connectivity index is 1.87. The van der Waals surface area contributed by atoms with Crippen LogP contribution in [0.4, 0.5) is 5.69 Å². The molecule has 98 valence electrons. The van der Waals surface area contributed by atoms with Crippen molar-refractivity contribution in [1.29, 1.82) is 0 Å². The Hall–Kier alpha value is -1.51. The molecule has 1 aliphatic rings. The van der Waals surface area contributed by atoms with E-state index in [4.69, 9.17) is 5.73 Å². The Morgan fingerprint density at radius 3 is 2.83 bits per heavy atom. The van der Waals surface area contributed by atoms with Crippen molar-refractivity contribution < 1.29 is 4.79 Å². The van der Waals surface area contributed by atoms with E-state index in [0.29, 0.717) is 11.6 Å². The standard InChI is InChI=1S/C15H22N2O/c1-11(13-7-4-8-14(16)9-13)15(18)17-10-12-5-2-3-6-12/h4,7-9,11-12H,2-3,5-6,10,16H2,1H3,(H,17,18). The number of nitrogens with one attached hydrogen (secondary N) is 1. The maximum absolute atomic E-state index is 12.1. The number of amides is 1. The summed E-state index contributed by atoms with van der Waals surface area (Å²) in [5.74, 6) is 0.657. The quantitative estimate of drug-likeness (QED) is 0.802. The van der Waals surface area contributed by atoms with E-state index in [9.17, 15) is 4.79 Å². The molecule has 3 heteroatoms. The summed E-state index contributed by atoms with van der Waals surface area (Å²) in [5.41, 5.74) is 7.43. The molecule has 0 heterocycles. The van der Waals surface area contributed by atoms with Crippen LogP contribution in [0.25, 0.3) is 0 Å². The third-order valence-electron chi connectivity index (χ3n) is 3.84. The highest BCUT2D eigenvalue weighted by Crippen LogP contribution is 2.24. The van der Waals surface area contributed by atoms with Crippen LogP contribution >= 0.6 is 0 Å². The second-order valence-electron chi connectivity index (χ2n) is 5.29. The van der Waals surface area contributed by atoms with Gasteiger partial charge in [0.1, 0.15) is 0 Å². The van der Waals surface area contributed by atoms with Gasteiger partial charge in [-0.1, -0.05) is 25.0 Å². The number of hydrogen-bond acceptors (Lipinski definition) is 2. The Morgan fingerprint density at radius 1 is 1.44 bits per heavy atom. The second-order valence-corrected chi connectivity index (χ2v) is 5.29. The topological polar surface area (TPSA) is 55.1 Å². The van der Waals surface area contributed by atoms with Gasteiger partial charge in [0, 0.05) is 12.2 Å². The van der Waals surface area contributed by atoms with Crippen molar-refractivity contribution in [3.05, 3.63) is 29.8 Å². The number of nitrogen functional groups attached to an aromatic ring is 1. The molecule has 0 bridgehead atoms. The highest BCUT2D eigenvalue weighted by Gasteiger charge is 2.19. The van der Waals surface area contributed by atoms with Crippen LogP contribution in [-0.2, 0) is 4.79 Å². The van der Waals surface area contributed by atoms with E-state index in [1.54, 1.807) is 0 Å². The predicted molar refractivity (Wildman–Crippen MR) is 74.2 cm³/mol. The van der Waals surface area contributed by atoms with E-state index in [-0.39, 0.29) is 11.8 Å². The number of hydrogen-bond donors (Lipinski definition) is 2. The molecule has 1 aromatic carbocycles. The van der Waals surface area contributed by atoms with Crippen LogP contribution in [0.3, 0.4) is 0 Å². The minimum Gasteiger partial charge on any atom is -0.399 e. The van der Waals surface area contributed by atoms with Gasteiger partial charge in [-0.2, -0.15) is 0 Å². The molecule has 1 aliphatic carbocycles. The first-order valence-electron chi connectivity index (χ1n) is 6.80. The summed E-state index contributed by atoms with van der Waals surface area (Å²) in [6, 6.07) is 7.56. The van der Waals surface area contributed by atoms with Gasteiger partial charge in [0.25, 0.3) is 0 Å². The lowest BCUT2D eigenvalue weighted by Gasteiger charge is -2.15. The fourth-order valence-electron chi connectivity index (χ4n) is 2.59. The largest absolute Gasteiger partial charge is 0.399 e. The van der Waals surface area contributed by atoms with E-state index in [0.717, 1.165) is 12.1 Å². The first kappa shape index (κ1) is 12.9. The van der Waals surface area contributed by atoms with Crippen molar-refractivity contribution in [2.75, 3.05) is 12.3 Å². The van der Waals surface area contributed by atoms with Gasteiger partial charge in [-0.3, -0.25) is 4.79 Å². The van der Waals surface area contributed by atoms with Crippen LogP contribution in [-0.4, -0.2) is 12.5 Å². The normalized spacial score (nSPS) is 17.6. The summed E-state index contributed by atoms with van der Waals surface area (Å²) in [5, 5.41) is 3.06. The Kier molecular flexibility index (Phi) is 4.24. The third kappa shape index (κ3) is 3.25. The molecule has 0 spiro atoms. The average Bonchev–Trinajstić information content (AvgIpc) is 2.88. The number of rotatable bonds is 4. The molecule has 18 heavy (non-hydrogen) atoms. The van der Waals surface area contributed by atoms with Crippen molar-refractivity contribution in [3.63, 3.8) is 0 Å². The number of benzene rings is 1. The van der Waals surface area contributed by atoms with Crippen LogP contribution in [0.5, 0.6) is 0 Å². The minimum absolute atomic E-state index is 0.104. The Labute approximate surface area is 109 Å². The Morgan fingerprint density at radius 2 is 2.17 bits per heavy atom. The number of carbonyl (C=O) groups excluding carboxylic acids is 1. The first-order chi connectivity index (χ1) is 8.66. The summed E-state index contributed by atoms with van der Waals surface area (Å²) in [4.78, 5) is 12.1. The van der Waals surface area contributed by atoms with Gasteiger partial charge in [-0.05, 0) is 43.4 Å². The summed E-state index contributed by atoms with van der Waals surface area (Å²) in [7, 11) is 0. The molecule has 3 nitrogen and oxygen atoms in total. The first-order valence-corrected chi connectivity index (χ1v) is 6.80. The number of anilines is 1. The molecule has 0 aromatic heterocycles. The van der Waals surface area contributed by atoms with Crippen molar-refractivity contribution in [2.45, 2.75) is 38.5 Å². The van der Waals surface area contributed by atoms with Crippen molar-refractivity contribution in [3.8, 4) is 0 Å². The average molecular weight is 246 g/mol. The van der Waals surface area contributed by atoms with Crippen molar-refractivity contribution in [2.24, 2.45) is 5.92 Å². The molecule has 1 fully saturated rings. The maximum atomic E-state index is 12.1. The highest BCUT2D eigenvalue weighted by molar-refractivity contribution is 5.83. The minimum atomic E-state index is -0.130. The Bertz CT molecular complexity index is 411. The van der Waals surface area contributed by atoms with Gasteiger partial charge in [0.05, 0.1) is 5.92 Å². The lowest BCUT2D eigenvalue weighted by Crippen LogP contribution is -2.31. The predicted octanol–water partition coefficient (Wildman–Crippen LogP) is 2.68. The molecule has 1 saturated carbocycles. The van der Waals surface area contributed by atoms with Crippen molar-refractivity contribution in [1.82, 2.24) is 5.32 Å². The zero-order chi connectivity index (χ0) is 13.0. The van der Waals surface area contributed by atoms with Gasteiger partial charge < -0.3 is 11.1 Å². The SMILES string of the molecule is CC(C(=O)NCC1CCCC1)c1cccc(N)c1. The monoisotopic (exact) mass is 246 g/mol. The maximum Gasteiger partial charge on any atom is 0.227 e. The summed E-state index contributed by atoms with van der Waals surface area (Å²) in [6.07, 6.45) is 5.14. The zero-order valence-corrected chi connectivity index (χ0v) is 11.0. The number of nitrogens with two attached hydrogens (primary N) is 1. The smallest absolute Gasteiger partial charge is 0.227 e. The fraction of sp³-hybridized carbons (Fsp3) is 0.533. The second kappa shape index (κ2) is 5.89. The number of carbonyl (C=O) groups is 1. The third-order valence-corrected chi connectivity index (χ3v) is 3.84. The summed E-state index contributed by atoms with van der Waals surface area (Å²) in [6.45, 7) is 2.75. The summed E-state index contributed by atoms with van der Waals surface area (Å²) >= 11 is 0. The molecule has 0 saturated heterocycles. The highest BCUT2D eigenvalue weighted by atomic mass is 16.1. The van der Waals surface area contributed by atoms with Crippen LogP contribution in [0, 0.1) is 5.92 Å². The van der Waals surface area contributed by atoms with Crippen molar-refractivity contribution >= 4 is 11.6 Å². The lowest BCUT2D eigenvalue weighted by atomic mass is 9.99. The zero-order valence-electron chi connectivity index (χ0n) is 11.0. The van der Waals surface area contributed by atoms with E-state index in [1.807, 2.05) is 31.2 Å². The van der Waals surface area contributed by atoms with E-state index >= 15 is 0 Å². The van der Waals surface area contributed by atoms with Gasteiger partial charge in [-0.25, -0.2) is 0 Å². The van der Waals surface area contributed by atoms with Gasteiger partial charge in [-0.15, -0.1) is 0 Å². The molecular weight excluding hydrogens is 224 g/mol. The van der Waals surface area contributed by atoms with E-state index in [1.165, 1.54) is 25.7 Å². The van der Waals surface area contributed by atoms with Crippen LogP contribution in [0.2, 0.25) is 0 Å². The molecule has 0 radical (unpaired) electrons. The molecule has 1 amide bonds. The van der Waals surface area contributed by atoms with E-state index < -0.39 is 0 Å². The van der Waals surface area contributed by atoms with Gasteiger partial charge >= 0.3 is 0 Å². The fourth-order valence-corrected chi connectivity index (χ4v) is 2.59. The molecule has 0 aliphatic heterocycles. The lowest BCUT2D eigenvalue weighted by molar-refractivity contribution is -0.122. The van der Waals surface area contributed by atoms with Crippen LogP contribution in [0.1, 0.15) is 44.1 Å².